The molecule has 0 aliphatic carbocycles. The third-order valence-electron chi connectivity index (χ3n) is 2.30. The number of carbonyl (C=O) groups excluding carboxylic acids is 1. The van der Waals surface area contributed by atoms with Gasteiger partial charge in [-0.05, 0) is 19.1 Å². The van der Waals surface area contributed by atoms with Crippen molar-refractivity contribution < 1.29 is 9.00 Å². The van der Waals surface area contributed by atoms with Gasteiger partial charge in [0, 0.05) is 13.2 Å². The van der Waals surface area contributed by atoms with E-state index in [9.17, 15) is 9.00 Å². The van der Waals surface area contributed by atoms with Crippen LogP contribution in [-0.4, -0.2) is 17.0 Å². The third kappa shape index (κ3) is 1.61. The summed E-state index contributed by atoms with van der Waals surface area (Å²) in [5, 5.41) is 0. The van der Waals surface area contributed by atoms with Crippen LogP contribution in [0.25, 0.3) is 0 Å². The van der Waals surface area contributed by atoms with Gasteiger partial charge in [0.2, 0.25) is 0 Å². The quantitative estimate of drug-likeness (QED) is 0.724. The summed E-state index contributed by atoms with van der Waals surface area (Å²) < 4.78 is 12.0. The van der Waals surface area contributed by atoms with E-state index in [4.69, 9.17) is 0 Å². The molecule has 1 heterocycles. The fourth-order valence-electron chi connectivity index (χ4n) is 1.54. The first-order valence-corrected chi connectivity index (χ1v) is 5.72. The molecule has 1 atom stereocenters. The van der Waals surface area contributed by atoms with Crippen LogP contribution in [0.15, 0.2) is 40.3 Å². The van der Waals surface area contributed by atoms with E-state index in [1.54, 1.807) is 12.3 Å². The Morgan fingerprint density at radius 2 is 2.00 bits per heavy atom. The SMILES string of the molecule is CC(=O)C1=CN(C)c2ccccc2[S@@]1=O. The molecular formula is C11H11NO2S. The van der Waals surface area contributed by atoms with Crippen molar-refractivity contribution in [2.45, 2.75) is 11.8 Å². The second kappa shape index (κ2) is 3.62. The normalized spacial score (nSPS) is 19.5. The molecule has 3 nitrogen and oxygen atoms in total. The average Bonchev–Trinajstić information content (AvgIpc) is 2.23. The third-order valence-corrected chi connectivity index (χ3v) is 3.84. The topological polar surface area (TPSA) is 37.4 Å². The average molecular weight is 221 g/mol. The van der Waals surface area contributed by atoms with Gasteiger partial charge in [-0.25, -0.2) is 4.21 Å². The van der Waals surface area contributed by atoms with Crippen LogP contribution in [0, 0.1) is 0 Å². The van der Waals surface area contributed by atoms with Gasteiger partial charge in [0.1, 0.15) is 4.91 Å². The number of Topliss-reactive ketones (excluding diaryl/α,β-unsaturated/α-hetero) is 1. The number of anilines is 1. The number of carbonyl (C=O) groups is 1. The van der Waals surface area contributed by atoms with Gasteiger partial charge in [-0.2, -0.15) is 0 Å². The van der Waals surface area contributed by atoms with E-state index in [-0.39, 0.29) is 5.78 Å². The largest absolute Gasteiger partial charge is 0.349 e. The molecule has 15 heavy (non-hydrogen) atoms. The molecule has 2 rings (SSSR count). The summed E-state index contributed by atoms with van der Waals surface area (Å²) in [6.07, 6.45) is 1.64. The Bertz CT molecular complexity index is 479. The van der Waals surface area contributed by atoms with Crippen LogP contribution in [0.4, 0.5) is 5.69 Å². The molecule has 0 saturated carbocycles. The van der Waals surface area contributed by atoms with Crippen molar-refractivity contribution in [3.8, 4) is 0 Å². The van der Waals surface area contributed by atoms with E-state index >= 15 is 0 Å². The number of ketones is 1. The molecule has 0 spiro atoms. The molecule has 0 radical (unpaired) electrons. The second-order valence-electron chi connectivity index (χ2n) is 3.40. The smallest absolute Gasteiger partial charge is 0.170 e. The van der Waals surface area contributed by atoms with Crippen LogP contribution in [0.1, 0.15) is 6.92 Å². The zero-order chi connectivity index (χ0) is 11.0. The monoisotopic (exact) mass is 221 g/mol. The van der Waals surface area contributed by atoms with Crippen LogP contribution in [0.3, 0.4) is 0 Å². The summed E-state index contributed by atoms with van der Waals surface area (Å²) in [5.74, 6) is -0.144. The number of benzene rings is 1. The zero-order valence-electron chi connectivity index (χ0n) is 8.56. The van der Waals surface area contributed by atoms with Gasteiger partial charge >= 0.3 is 0 Å². The number of para-hydroxylation sites is 1. The van der Waals surface area contributed by atoms with Gasteiger partial charge in [0.05, 0.1) is 21.4 Å². The van der Waals surface area contributed by atoms with E-state index in [1.807, 2.05) is 30.1 Å². The van der Waals surface area contributed by atoms with Crippen LogP contribution >= 0.6 is 0 Å². The number of allylic oxidation sites excluding steroid dienone is 1. The van der Waals surface area contributed by atoms with E-state index in [1.165, 1.54) is 6.92 Å². The summed E-state index contributed by atoms with van der Waals surface area (Å²) in [4.78, 5) is 14.2. The van der Waals surface area contributed by atoms with E-state index in [0.717, 1.165) is 5.69 Å². The Labute approximate surface area is 90.9 Å². The van der Waals surface area contributed by atoms with Crippen molar-refractivity contribution in [2.24, 2.45) is 0 Å². The van der Waals surface area contributed by atoms with Crippen molar-refractivity contribution in [3.63, 3.8) is 0 Å². The van der Waals surface area contributed by atoms with Crippen molar-refractivity contribution in [1.29, 1.82) is 0 Å². The molecule has 0 N–H and O–H groups in total. The van der Waals surface area contributed by atoms with E-state index in [0.29, 0.717) is 9.80 Å². The van der Waals surface area contributed by atoms with Crippen LogP contribution in [0.2, 0.25) is 0 Å². The summed E-state index contributed by atoms with van der Waals surface area (Å²) in [6.45, 7) is 1.44. The highest BCUT2D eigenvalue weighted by Crippen LogP contribution is 2.31. The zero-order valence-corrected chi connectivity index (χ0v) is 9.38. The van der Waals surface area contributed by atoms with E-state index in [2.05, 4.69) is 0 Å². The summed E-state index contributed by atoms with van der Waals surface area (Å²) in [7, 11) is 0.512. The second-order valence-corrected chi connectivity index (χ2v) is 4.81. The molecule has 0 saturated heterocycles. The fourth-order valence-corrected chi connectivity index (χ4v) is 2.89. The van der Waals surface area contributed by atoms with Crippen LogP contribution < -0.4 is 4.90 Å². The Morgan fingerprint density at radius 3 is 2.67 bits per heavy atom. The first-order valence-electron chi connectivity index (χ1n) is 4.57. The van der Waals surface area contributed by atoms with Crippen LogP contribution in [-0.2, 0) is 15.6 Å². The minimum Gasteiger partial charge on any atom is -0.349 e. The summed E-state index contributed by atoms with van der Waals surface area (Å²) in [6, 6.07) is 7.39. The van der Waals surface area contributed by atoms with Gasteiger partial charge in [-0.15, -0.1) is 0 Å². The Balaban J connectivity index is 2.58. The standard InChI is InChI=1S/C11H11NO2S/c1-8(13)11-7-12(2)9-5-3-4-6-10(9)15(11)14/h3-7H,1-2H3/t15-/m0/s1. The molecule has 1 aromatic carbocycles. The van der Waals surface area contributed by atoms with Gasteiger partial charge < -0.3 is 4.90 Å². The molecule has 0 amide bonds. The Kier molecular flexibility index (Phi) is 2.44. The van der Waals surface area contributed by atoms with E-state index < -0.39 is 10.8 Å². The molecule has 1 aliphatic heterocycles. The molecule has 1 aromatic rings. The highest BCUT2D eigenvalue weighted by atomic mass is 32.2. The number of nitrogens with zero attached hydrogens (tertiary/aromatic N) is 1. The van der Waals surface area contributed by atoms with Crippen molar-refractivity contribution in [3.05, 3.63) is 35.4 Å². The lowest BCUT2D eigenvalue weighted by atomic mass is 10.3. The summed E-state index contributed by atoms with van der Waals surface area (Å²) >= 11 is 0. The maximum atomic E-state index is 12.0. The van der Waals surface area contributed by atoms with Gasteiger partial charge in [0.25, 0.3) is 0 Å². The number of rotatable bonds is 1. The van der Waals surface area contributed by atoms with Crippen molar-refractivity contribution >= 4 is 22.3 Å². The van der Waals surface area contributed by atoms with Crippen molar-refractivity contribution in [2.75, 3.05) is 11.9 Å². The maximum Gasteiger partial charge on any atom is 0.170 e. The fraction of sp³-hybridized carbons (Fsp3) is 0.182. The highest BCUT2D eigenvalue weighted by Gasteiger charge is 2.24. The Hall–Kier alpha value is -1.42. The van der Waals surface area contributed by atoms with Gasteiger partial charge in [0.15, 0.2) is 5.78 Å². The molecular weight excluding hydrogens is 210 g/mol. The van der Waals surface area contributed by atoms with Gasteiger partial charge in [-0.1, -0.05) is 12.1 Å². The van der Waals surface area contributed by atoms with Gasteiger partial charge in [-0.3, -0.25) is 4.79 Å². The van der Waals surface area contributed by atoms with Crippen LogP contribution in [0.5, 0.6) is 0 Å². The molecule has 0 fully saturated rings. The lowest BCUT2D eigenvalue weighted by molar-refractivity contribution is -0.113. The summed E-state index contributed by atoms with van der Waals surface area (Å²) in [5.41, 5.74) is 0.890. The number of hydrogen-bond donors (Lipinski definition) is 0. The first kappa shape index (κ1) is 10.1. The van der Waals surface area contributed by atoms with Crippen molar-refractivity contribution in [1.82, 2.24) is 0 Å². The predicted molar refractivity (Wildman–Crippen MR) is 60.0 cm³/mol. The predicted octanol–water partition coefficient (Wildman–Crippen LogP) is 1.67. The molecule has 0 bridgehead atoms. The minimum atomic E-state index is -1.33. The molecule has 0 aromatic heterocycles. The number of hydrogen-bond acceptors (Lipinski definition) is 3. The lowest BCUT2D eigenvalue weighted by Crippen LogP contribution is -2.21. The minimum absolute atomic E-state index is 0.144. The molecule has 1 aliphatic rings. The Morgan fingerprint density at radius 1 is 1.33 bits per heavy atom. The lowest BCUT2D eigenvalue weighted by Gasteiger charge is -2.23. The maximum absolute atomic E-state index is 12.0. The highest BCUT2D eigenvalue weighted by molar-refractivity contribution is 7.90. The molecule has 78 valence electrons. The molecule has 4 heteroatoms. The molecule has 0 unspecified atom stereocenters. The first-order chi connectivity index (χ1) is 7.11. The number of fused-ring (bicyclic) bond motifs is 1.